The van der Waals surface area contributed by atoms with E-state index in [1.54, 1.807) is 0 Å². The van der Waals surface area contributed by atoms with Gasteiger partial charge in [-0.25, -0.2) is 0 Å². The van der Waals surface area contributed by atoms with Crippen LogP contribution in [0.1, 0.15) is 29.6 Å². The van der Waals surface area contributed by atoms with Crippen LogP contribution in [-0.4, -0.2) is 53.9 Å². The number of aromatic nitrogens is 2. The van der Waals surface area contributed by atoms with E-state index >= 15 is 0 Å². The van der Waals surface area contributed by atoms with E-state index in [2.05, 4.69) is 50.6 Å². The Kier molecular flexibility index (Phi) is 4.93. The Labute approximate surface area is 154 Å². The molecular weight excluding hydrogens is 326 g/mol. The molecule has 2 fully saturated rings. The zero-order chi connectivity index (χ0) is 17.9. The lowest BCUT2D eigenvalue weighted by molar-refractivity contribution is -0.00803. The molecule has 1 saturated heterocycles. The van der Waals surface area contributed by atoms with E-state index in [0.717, 1.165) is 31.2 Å². The third kappa shape index (κ3) is 3.75. The van der Waals surface area contributed by atoms with Crippen LogP contribution in [0.4, 0.5) is 0 Å². The molecule has 0 amide bonds. The normalized spacial score (nSPS) is 26.0. The summed E-state index contributed by atoms with van der Waals surface area (Å²) in [5.41, 5.74) is 2.58. The van der Waals surface area contributed by atoms with Gasteiger partial charge in [-0.1, -0.05) is 30.3 Å². The summed E-state index contributed by atoms with van der Waals surface area (Å²) in [4.78, 5) is 6.79. The number of hydrogen-bond acceptors (Lipinski definition) is 3. The number of ether oxygens (including phenoxy) is 1. The lowest BCUT2D eigenvalue weighted by Crippen LogP contribution is -2.48. The fourth-order valence-electron chi connectivity index (χ4n) is 3.79. The molecule has 3 atom stereocenters. The van der Waals surface area contributed by atoms with Gasteiger partial charge in [0.2, 0.25) is 0 Å². The molecule has 3 unspecified atom stereocenters. The zero-order valence-corrected chi connectivity index (χ0v) is 15.5. The van der Waals surface area contributed by atoms with Gasteiger partial charge in [-0.15, -0.1) is 0 Å². The Morgan fingerprint density at radius 1 is 1.31 bits per heavy atom. The summed E-state index contributed by atoms with van der Waals surface area (Å²) in [5, 5.41) is 7.84. The van der Waals surface area contributed by atoms with Crippen LogP contribution in [0.5, 0.6) is 0 Å². The fourth-order valence-corrected chi connectivity index (χ4v) is 3.79. The van der Waals surface area contributed by atoms with Crippen molar-refractivity contribution < 1.29 is 4.74 Å². The molecule has 4 rings (SSSR count). The predicted molar refractivity (Wildman–Crippen MR) is 102 cm³/mol. The molecule has 1 aromatic heterocycles. The van der Waals surface area contributed by atoms with Gasteiger partial charge in [-0.05, 0) is 23.8 Å². The van der Waals surface area contributed by atoms with E-state index in [1.807, 2.05) is 31.2 Å². The topological polar surface area (TPSA) is 54.7 Å². The van der Waals surface area contributed by atoms with Gasteiger partial charge in [0.25, 0.3) is 0 Å². The molecule has 2 aliphatic rings. The molecule has 1 saturated carbocycles. The molecule has 0 spiro atoms. The Morgan fingerprint density at radius 2 is 2.15 bits per heavy atom. The summed E-state index contributed by atoms with van der Waals surface area (Å²) in [6, 6.07) is 10.8. The molecule has 2 aromatic rings. The highest BCUT2D eigenvalue weighted by Crippen LogP contribution is 2.46. The molecule has 1 aliphatic heterocycles. The number of nitrogens with zero attached hydrogens (tertiary/aromatic N) is 4. The van der Waals surface area contributed by atoms with Crippen molar-refractivity contribution in [1.82, 2.24) is 20.0 Å². The number of hydrogen-bond donors (Lipinski definition) is 1. The first-order valence-electron chi connectivity index (χ1n) is 9.35. The third-order valence-electron chi connectivity index (χ3n) is 5.35. The quantitative estimate of drug-likeness (QED) is 0.676. The minimum absolute atomic E-state index is 0.0500. The maximum absolute atomic E-state index is 5.94. The number of aliphatic imine (C=N–C) groups is 1. The highest BCUT2D eigenvalue weighted by Gasteiger charge is 2.38. The number of nitrogens with one attached hydrogen (secondary N) is 1. The van der Waals surface area contributed by atoms with Gasteiger partial charge >= 0.3 is 0 Å². The van der Waals surface area contributed by atoms with Crippen LogP contribution in [0.15, 0.2) is 47.7 Å². The van der Waals surface area contributed by atoms with Crippen LogP contribution >= 0.6 is 0 Å². The molecular formula is C20H27N5O. The highest BCUT2D eigenvalue weighted by molar-refractivity contribution is 5.80. The average Bonchev–Trinajstić information content (AvgIpc) is 3.34. The van der Waals surface area contributed by atoms with Crippen molar-refractivity contribution in [2.75, 3.05) is 33.3 Å². The van der Waals surface area contributed by atoms with Crippen molar-refractivity contribution in [2.24, 2.45) is 18.0 Å². The largest absolute Gasteiger partial charge is 0.370 e. The van der Waals surface area contributed by atoms with Crippen molar-refractivity contribution in [2.45, 2.75) is 18.4 Å². The molecule has 1 aliphatic carbocycles. The van der Waals surface area contributed by atoms with Crippen LogP contribution < -0.4 is 5.32 Å². The van der Waals surface area contributed by atoms with Crippen molar-refractivity contribution in [3.05, 3.63) is 53.9 Å². The summed E-state index contributed by atoms with van der Waals surface area (Å²) < 4.78 is 7.76. The molecule has 0 radical (unpaired) electrons. The summed E-state index contributed by atoms with van der Waals surface area (Å²) >= 11 is 0. The van der Waals surface area contributed by atoms with Gasteiger partial charge in [0.05, 0.1) is 19.3 Å². The van der Waals surface area contributed by atoms with E-state index < -0.39 is 0 Å². The van der Waals surface area contributed by atoms with Crippen molar-refractivity contribution in [3.63, 3.8) is 0 Å². The monoisotopic (exact) mass is 353 g/mol. The predicted octanol–water partition coefficient (Wildman–Crippen LogP) is 2.17. The molecule has 2 heterocycles. The van der Waals surface area contributed by atoms with Gasteiger partial charge < -0.3 is 15.0 Å². The van der Waals surface area contributed by atoms with Gasteiger partial charge in [-0.3, -0.25) is 9.67 Å². The second kappa shape index (κ2) is 7.50. The minimum Gasteiger partial charge on any atom is -0.370 e. The van der Waals surface area contributed by atoms with Crippen LogP contribution in [0.2, 0.25) is 0 Å². The minimum atomic E-state index is 0.0500. The SMILES string of the molecule is CN=C(NCC1CC1c1ccccc1)N1CCOC(c2cnn(C)c2)C1. The van der Waals surface area contributed by atoms with Crippen LogP contribution in [0.3, 0.4) is 0 Å². The standard InChI is InChI=1S/C20H27N5O/c1-21-20(22-11-16-10-18(16)15-6-4-3-5-7-15)25-8-9-26-19(14-25)17-12-23-24(2)13-17/h3-7,12-13,16,18-19H,8-11,14H2,1-2H3,(H,21,22). The van der Waals surface area contributed by atoms with Crippen LogP contribution in [0, 0.1) is 5.92 Å². The zero-order valence-electron chi connectivity index (χ0n) is 15.5. The Balaban J connectivity index is 1.31. The maximum Gasteiger partial charge on any atom is 0.193 e. The number of rotatable bonds is 4. The highest BCUT2D eigenvalue weighted by atomic mass is 16.5. The Morgan fingerprint density at radius 3 is 2.88 bits per heavy atom. The van der Waals surface area contributed by atoms with E-state index in [-0.39, 0.29) is 6.10 Å². The van der Waals surface area contributed by atoms with E-state index in [9.17, 15) is 0 Å². The first kappa shape index (κ1) is 17.1. The van der Waals surface area contributed by atoms with Crippen LogP contribution in [-0.2, 0) is 11.8 Å². The van der Waals surface area contributed by atoms with Gasteiger partial charge in [0.15, 0.2) is 5.96 Å². The second-order valence-electron chi connectivity index (χ2n) is 7.19. The number of morpholine rings is 1. The first-order valence-corrected chi connectivity index (χ1v) is 9.35. The van der Waals surface area contributed by atoms with Crippen LogP contribution in [0.25, 0.3) is 0 Å². The summed E-state index contributed by atoms with van der Waals surface area (Å²) in [6.45, 7) is 3.35. The Hall–Kier alpha value is -2.34. The lowest BCUT2D eigenvalue weighted by atomic mass is 10.1. The lowest BCUT2D eigenvalue weighted by Gasteiger charge is -2.34. The summed E-state index contributed by atoms with van der Waals surface area (Å²) in [7, 11) is 3.79. The fraction of sp³-hybridized carbons (Fsp3) is 0.500. The molecule has 6 heteroatoms. The Bertz CT molecular complexity index is 757. The summed E-state index contributed by atoms with van der Waals surface area (Å²) in [5.74, 6) is 2.36. The average molecular weight is 353 g/mol. The van der Waals surface area contributed by atoms with E-state index in [4.69, 9.17) is 4.74 Å². The molecule has 26 heavy (non-hydrogen) atoms. The second-order valence-corrected chi connectivity index (χ2v) is 7.19. The van der Waals surface area contributed by atoms with Gasteiger partial charge in [0.1, 0.15) is 6.10 Å². The molecule has 1 aromatic carbocycles. The van der Waals surface area contributed by atoms with Crippen molar-refractivity contribution in [3.8, 4) is 0 Å². The number of aryl methyl sites for hydroxylation is 1. The summed E-state index contributed by atoms with van der Waals surface area (Å²) in [6.07, 6.45) is 5.22. The number of guanidine groups is 1. The van der Waals surface area contributed by atoms with E-state index in [1.165, 1.54) is 12.0 Å². The molecule has 1 N–H and O–H groups in total. The third-order valence-corrected chi connectivity index (χ3v) is 5.35. The molecule has 0 bridgehead atoms. The van der Waals surface area contributed by atoms with Gasteiger partial charge in [0, 0.05) is 38.9 Å². The first-order chi connectivity index (χ1) is 12.7. The molecule has 138 valence electrons. The van der Waals surface area contributed by atoms with Crippen molar-refractivity contribution >= 4 is 5.96 Å². The molecule has 6 nitrogen and oxygen atoms in total. The van der Waals surface area contributed by atoms with Crippen molar-refractivity contribution in [1.29, 1.82) is 0 Å². The number of benzene rings is 1. The van der Waals surface area contributed by atoms with Gasteiger partial charge in [-0.2, -0.15) is 5.10 Å². The van der Waals surface area contributed by atoms with E-state index in [0.29, 0.717) is 18.4 Å². The maximum atomic E-state index is 5.94. The smallest absolute Gasteiger partial charge is 0.193 e.